The van der Waals surface area contributed by atoms with Gasteiger partial charge in [-0.05, 0) is 30.8 Å². The summed E-state index contributed by atoms with van der Waals surface area (Å²) in [5.74, 6) is 0.364. The van der Waals surface area contributed by atoms with Gasteiger partial charge in [0.25, 0.3) is 0 Å². The molecule has 0 amide bonds. The molecule has 100 valence electrons. The van der Waals surface area contributed by atoms with E-state index in [0.717, 1.165) is 16.7 Å². The molecule has 19 heavy (non-hydrogen) atoms. The zero-order chi connectivity index (χ0) is 13.7. The molecule has 1 aromatic heterocycles. The monoisotopic (exact) mass is 324 g/mol. The number of aromatic nitrogens is 1. The summed E-state index contributed by atoms with van der Waals surface area (Å²) in [5, 5.41) is 3.18. The molecule has 2 rings (SSSR count). The number of nitrogens with zero attached hydrogens (tertiary/aromatic N) is 1. The average molecular weight is 325 g/mol. The molecule has 0 fully saturated rings. The van der Waals surface area contributed by atoms with Gasteiger partial charge in [-0.15, -0.1) is 0 Å². The summed E-state index contributed by atoms with van der Waals surface area (Å²) in [6.45, 7) is 3.55. The van der Waals surface area contributed by atoms with Gasteiger partial charge in [0.05, 0.1) is 5.69 Å². The Labute approximate surface area is 119 Å². The van der Waals surface area contributed by atoms with Gasteiger partial charge in [0.2, 0.25) is 0 Å². The zero-order valence-corrected chi connectivity index (χ0v) is 12.1. The van der Waals surface area contributed by atoms with Gasteiger partial charge in [0, 0.05) is 23.3 Å². The average Bonchev–Trinajstić information content (AvgIpc) is 2.41. The topological polar surface area (TPSA) is 34.1 Å². The highest BCUT2D eigenvalue weighted by Gasteiger charge is 2.06. The third-order valence-corrected chi connectivity index (χ3v) is 2.96. The molecule has 0 aliphatic carbocycles. The van der Waals surface area contributed by atoms with Crippen molar-refractivity contribution in [2.45, 2.75) is 13.5 Å². The van der Waals surface area contributed by atoms with Crippen LogP contribution in [0.25, 0.3) is 0 Å². The lowest BCUT2D eigenvalue weighted by Crippen LogP contribution is -2.12. The summed E-state index contributed by atoms with van der Waals surface area (Å²) < 4.78 is 19.9. The fourth-order valence-corrected chi connectivity index (χ4v) is 1.89. The summed E-state index contributed by atoms with van der Waals surface area (Å²) in [6.07, 6.45) is 1.65. The quantitative estimate of drug-likeness (QED) is 0.906. The van der Waals surface area contributed by atoms with Crippen LogP contribution in [0, 0.1) is 5.82 Å². The van der Waals surface area contributed by atoms with E-state index in [4.69, 9.17) is 4.74 Å². The molecule has 1 N–H and O–H groups in total. The minimum absolute atomic E-state index is 0.190. The Kier molecular flexibility index (Phi) is 4.87. The lowest BCUT2D eigenvalue weighted by atomic mass is 10.3. The van der Waals surface area contributed by atoms with Crippen molar-refractivity contribution in [3.05, 3.63) is 52.5 Å². The largest absolute Gasteiger partial charge is 0.454 e. The first-order valence-electron chi connectivity index (χ1n) is 5.97. The van der Waals surface area contributed by atoms with Crippen LogP contribution in [-0.2, 0) is 6.54 Å². The van der Waals surface area contributed by atoms with Crippen LogP contribution >= 0.6 is 15.9 Å². The van der Waals surface area contributed by atoms with E-state index in [9.17, 15) is 4.39 Å². The molecule has 0 radical (unpaired) electrons. The van der Waals surface area contributed by atoms with Crippen LogP contribution in [-0.4, -0.2) is 11.5 Å². The van der Waals surface area contributed by atoms with Gasteiger partial charge in [-0.25, -0.2) is 4.39 Å². The molecule has 0 aliphatic heterocycles. The molecule has 5 heteroatoms. The minimum atomic E-state index is -0.395. The molecule has 0 atom stereocenters. The van der Waals surface area contributed by atoms with E-state index >= 15 is 0 Å². The van der Waals surface area contributed by atoms with Crippen LogP contribution in [0.1, 0.15) is 12.6 Å². The third-order valence-electron chi connectivity index (χ3n) is 2.47. The summed E-state index contributed by atoms with van der Waals surface area (Å²) in [4.78, 5) is 4.21. The van der Waals surface area contributed by atoms with Gasteiger partial charge in [-0.3, -0.25) is 4.98 Å². The second-order valence-corrected chi connectivity index (χ2v) is 4.86. The summed E-state index contributed by atoms with van der Waals surface area (Å²) >= 11 is 3.29. The molecular formula is C14H14BrFN2O. The molecule has 0 saturated carbocycles. The van der Waals surface area contributed by atoms with Gasteiger partial charge in [0.15, 0.2) is 11.6 Å². The summed E-state index contributed by atoms with van der Waals surface area (Å²) in [5.41, 5.74) is 0.856. The Hall–Kier alpha value is -1.46. The van der Waals surface area contributed by atoms with Crippen molar-refractivity contribution in [2.75, 3.05) is 6.54 Å². The molecule has 0 aliphatic rings. The lowest BCUT2D eigenvalue weighted by Gasteiger charge is -2.08. The zero-order valence-electron chi connectivity index (χ0n) is 10.5. The van der Waals surface area contributed by atoms with Gasteiger partial charge in [-0.1, -0.05) is 22.9 Å². The van der Waals surface area contributed by atoms with Crippen molar-refractivity contribution in [2.24, 2.45) is 0 Å². The number of rotatable bonds is 5. The number of hydrogen-bond donors (Lipinski definition) is 1. The highest BCUT2D eigenvalue weighted by molar-refractivity contribution is 9.10. The highest BCUT2D eigenvalue weighted by atomic mass is 79.9. The second-order valence-electron chi connectivity index (χ2n) is 3.94. The van der Waals surface area contributed by atoms with E-state index in [1.165, 1.54) is 6.07 Å². The van der Waals surface area contributed by atoms with Crippen LogP contribution in [0.3, 0.4) is 0 Å². The third kappa shape index (κ3) is 4.01. The summed E-state index contributed by atoms with van der Waals surface area (Å²) in [7, 11) is 0. The Balaban J connectivity index is 2.16. The van der Waals surface area contributed by atoms with Crippen LogP contribution < -0.4 is 10.1 Å². The van der Waals surface area contributed by atoms with E-state index in [2.05, 4.69) is 26.2 Å². The molecule has 1 aromatic carbocycles. The Bertz CT molecular complexity index is 563. The first-order valence-corrected chi connectivity index (χ1v) is 6.77. The van der Waals surface area contributed by atoms with E-state index in [1.807, 2.05) is 6.92 Å². The maximum absolute atomic E-state index is 13.6. The van der Waals surface area contributed by atoms with Crippen molar-refractivity contribution in [1.82, 2.24) is 10.3 Å². The molecule has 0 spiro atoms. The van der Waals surface area contributed by atoms with Crippen molar-refractivity contribution in [3.8, 4) is 11.5 Å². The Morgan fingerprint density at radius 3 is 2.95 bits per heavy atom. The van der Waals surface area contributed by atoms with Gasteiger partial charge >= 0.3 is 0 Å². The van der Waals surface area contributed by atoms with Crippen molar-refractivity contribution in [3.63, 3.8) is 0 Å². The van der Waals surface area contributed by atoms with E-state index in [1.54, 1.807) is 30.5 Å². The number of pyridine rings is 1. The van der Waals surface area contributed by atoms with Crippen molar-refractivity contribution in [1.29, 1.82) is 0 Å². The predicted octanol–water partition coefficient (Wildman–Crippen LogP) is 3.89. The number of hydrogen-bond acceptors (Lipinski definition) is 3. The van der Waals surface area contributed by atoms with Gasteiger partial charge < -0.3 is 10.1 Å². The fourth-order valence-electron chi connectivity index (χ4n) is 1.55. The maximum atomic E-state index is 13.6. The minimum Gasteiger partial charge on any atom is -0.454 e. The first kappa shape index (κ1) is 14.0. The molecule has 0 saturated heterocycles. The van der Waals surface area contributed by atoms with Crippen molar-refractivity contribution >= 4 is 15.9 Å². The summed E-state index contributed by atoms with van der Waals surface area (Å²) in [6, 6.07) is 8.09. The highest BCUT2D eigenvalue weighted by Crippen LogP contribution is 2.27. The maximum Gasteiger partial charge on any atom is 0.165 e. The van der Waals surface area contributed by atoms with Crippen LogP contribution in [0.4, 0.5) is 4.39 Å². The number of halogens is 2. The van der Waals surface area contributed by atoms with Gasteiger partial charge in [0.1, 0.15) is 5.75 Å². The Morgan fingerprint density at radius 1 is 1.32 bits per heavy atom. The normalized spacial score (nSPS) is 10.5. The van der Waals surface area contributed by atoms with E-state index in [0.29, 0.717) is 12.3 Å². The van der Waals surface area contributed by atoms with Gasteiger partial charge in [-0.2, -0.15) is 0 Å². The molecule has 1 heterocycles. The first-order chi connectivity index (χ1) is 9.19. The van der Waals surface area contributed by atoms with Crippen molar-refractivity contribution < 1.29 is 9.13 Å². The van der Waals surface area contributed by atoms with E-state index in [-0.39, 0.29) is 5.75 Å². The molecule has 0 unspecified atom stereocenters. The smallest absolute Gasteiger partial charge is 0.165 e. The van der Waals surface area contributed by atoms with Crippen LogP contribution in [0.5, 0.6) is 11.5 Å². The Morgan fingerprint density at radius 2 is 2.16 bits per heavy atom. The fraction of sp³-hybridized carbons (Fsp3) is 0.214. The molecule has 3 nitrogen and oxygen atoms in total. The molecule has 0 bridgehead atoms. The predicted molar refractivity (Wildman–Crippen MR) is 75.8 cm³/mol. The standard InChI is InChI=1S/C14H14BrFN2O/c1-2-17-9-11-8-12(5-6-18-11)19-14-7-10(15)3-4-13(14)16/h3-8,17H,2,9H2,1H3. The SMILES string of the molecule is CCNCc1cc(Oc2cc(Br)ccc2F)ccn1. The number of nitrogens with one attached hydrogen (secondary N) is 1. The molecular weight excluding hydrogens is 311 g/mol. The number of benzene rings is 1. The number of ether oxygens (including phenoxy) is 1. The lowest BCUT2D eigenvalue weighted by molar-refractivity contribution is 0.440. The molecule has 2 aromatic rings. The van der Waals surface area contributed by atoms with Crippen LogP contribution in [0.15, 0.2) is 41.0 Å². The second kappa shape index (κ2) is 6.63. The van der Waals surface area contributed by atoms with Crippen LogP contribution in [0.2, 0.25) is 0 Å². The van der Waals surface area contributed by atoms with E-state index < -0.39 is 5.82 Å².